The maximum Gasteiger partial charge on any atom is 0.212 e. The molecule has 0 saturated heterocycles. The lowest BCUT2D eigenvalue weighted by molar-refractivity contribution is 0.158. The van der Waals surface area contributed by atoms with Crippen LogP contribution in [-0.4, -0.2) is 51.5 Å². The fraction of sp³-hybridized carbons (Fsp3) is 0.500. The van der Waals surface area contributed by atoms with Crippen LogP contribution < -0.4 is 0 Å². The van der Waals surface area contributed by atoms with Crippen molar-refractivity contribution in [2.45, 2.75) is 0 Å². The van der Waals surface area contributed by atoms with Gasteiger partial charge in [0.1, 0.15) is 6.07 Å². The minimum Gasteiger partial charge on any atom is -0.394 e. The topological polar surface area (TPSA) is 121 Å². The first-order chi connectivity index (χ1) is 7.81. The minimum atomic E-state index is -0.0926. The van der Waals surface area contributed by atoms with Crippen LogP contribution in [0.4, 0.5) is 5.82 Å². The van der Waals surface area contributed by atoms with Gasteiger partial charge in [-0.3, -0.25) is 5.01 Å². The van der Waals surface area contributed by atoms with Gasteiger partial charge < -0.3 is 15.2 Å². The van der Waals surface area contributed by atoms with Crippen molar-refractivity contribution in [3.05, 3.63) is 12.0 Å². The Morgan fingerprint density at radius 1 is 1.44 bits per heavy atom. The van der Waals surface area contributed by atoms with Crippen LogP contribution in [0.25, 0.3) is 0 Å². The van der Waals surface area contributed by atoms with Gasteiger partial charge in [0, 0.05) is 0 Å². The molecule has 0 aliphatic carbocycles. The second-order valence-corrected chi connectivity index (χ2v) is 2.80. The smallest absolute Gasteiger partial charge is 0.212 e. The lowest BCUT2D eigenvalue weighted by atomic mass is 10.5. The Hall–Kier alpha value is -1.98. The van der Waals surface area contributed by atoms with Crippen LogP contribution in [0.5, 0.6) is 0 Å². The number of rotatable bonds is 6. The van der Waals surface area contributed by atoms with Gasteiger partial charge in [-0.15, -0.1) is 5.11 Å². The molecule has 0 spiro atoms. The third kappa shape index (κ3) is 3.30. The maximum absolute atomic E-state index is 8.72. The summed E-state index contributed by atoms with van der Waals surface area (Å²) in [7, 11) is 0. The standard InChI is InChI=1S/C8H12N6O2/c9-5-7-8(11-6-10-7)12-13-14(1-3-15)2-4-16/h6,15-16H,1-4H2,(H,10,11)/b13-12+. The van der Waals surface area contributed by atoms with E-state index in [-0.39, 0.29) is 37.8 Å². The summed E-state index contributed by atoms with van der Waals surface area (Å²) in [6.45, 7) is 0.335. The lowest BCUT2D eigenvalue weighted by Gasteiger charge is -2.13. The average molecular weight is 224 g/mol. The normalized spacial score (nSPS) is 10.6. The maximum atomic E-state index is 8.72. The zero-order valence-corrected chi connectivity index (χ0v) is 8.54. The van der Waals surface area contributed by atoms with Crippen molar-refractivity contribution in [2.75, 3.05) is 26.3 Å². The summed E-state index contributed by atoms with van der Waals surface area (Å²) in [6.07, 6.45) is 1.34. The van der Waals surface area contributed by atoms with Crippen molar-refractivity contribution in [1.29, 1.82) is 5.26 Å². The van der Waals surface area contributed by atoms with Crippen LogP contribution >= 0.6 is 0 Å². The van der Waals surface area contributed by atoms with Crippen molar-refractivity contribution in [3.63, 3.8) is 0 Å². The summed E-state index contributed by atoms with van der Waals surface area (Å²) >= 11 is 0. The van der Waals surface area contributed by atoms with Gasteiger partial charge in [0.15, 0.2) is 5.69 Å². The summed E-state index contributed by atoms with van der Waals surface area (Å²) in [6, 6.07) is 1.87. The number of imidazole rings is 1. The lowest BCUT2D eigenvalue weighted by Crippen LogP contribution is -2.24. The number of nitriles is 1. The highest BCUT2D eigenvalue weighted by molar-refractivity contribution is 5.41. The Kier molecular flexibility index (Phi) is 4.91. The minimum absolute atomic E-state index is 0.0926. The first-order valence-electron chi connectivity index (χ1n) is 4.63. The van der Waals surface area contributed by atoms with Crippen molar-refractivity contribution in [2.24, 2.45) is 10.3 Å². The molecule has 0 unspecified atom stereocenters. The van der Waals surface area contributed by atoms with E-state index in [9.17, 15) is 0 Å². The second kappa shape index (κ2) is 6.49. The highest BCUT2D eigenvalue weighted by Gasteiger charge is 2.04. The number of H-pyrrole nitrogens is 1. The summed E-state index contributed by atoms with van der Waals surface area (Å²) < 4.78 is 0. The molecular formula is C8H12N6O2. The number of aromatic amines is 1. The fourth-order valence-corrected chi connectivity index (χ4v) is 0.983. The Morgan fingerprint density at radius 2 is 2.12 bits per heavy atom. The molecule has 0 saturated carbocycles. The average Bonchev–Trinajstić information content (AvgIpc) is 2.74. The van der Waals surface area contributed by atoms with Crippen LogP contribution in [0, 0.1) is 11.3 Å². The third-order valence-electron chi connectivity index (χ3n) is 1.71. The molecule has 8 heteroatoms. The molecule has 0 fully saturated rings. The number of aliphatic hydroxyl groups is 2. The van der Waals surface area contributed by atoms with E-state index < -0.39 is 0 Å². The summed E-state index contributed by atoms with van der Waals surface area (Å²) in [5.74, 6) is 0.184. The molecule has 86 valence electrons. The summed E-state index contributed by atoms with van der Waals surface area (Å²) in [5, 5.41) is 35.0. The second-order valence-electron chi connectivity index (χ2n) is 2.80. The molecule has 16 heavy (non-hydrogen) atoms. The molecule has 1 heterocycles. The van der Waals surface area contributed by atoms with Gasteiger partial charge >= 0.3 is 0 Å². The van der Waals surface area contributed by atoms with E-state index in [1.54, 1.807) is 0 Å². The molecule has 0 amide bonds. The van der Waals surface area contributed by atoms with Crippen molar-refractivity contribution < 1.29 is 10.2 Å². The van der Waals surface area contributed by atoms with E-state index >= 15 is 0 Å². The van der Waals surface area contributed by atoms with Crippen molar-refractivity contribution >= 4 is 5.82 Å². The molecule has 8 nitrogen and oxygen atoms in total. The van der Waals surface area contributed by atoms with Crippen LogP contribution in [0.2, 0.25) is 0 Å². The first-order valence-corrected chi connectivity index (χ1v) is 4.63. The third-order valence-corrected chi connectivity index (χ3v) is 1.71. The van der Waals surface area contributed by atoms with E-state index in [0.717, 1.165) is 0 Å². The number of nitrogens with one attached hydrogen (secondary N) is 1. The zero-order chi connectivity index (χ0) is 11.8. The number of hydrogen-bond donors (Lipinski definition) is 3. The molecule has 1 rings (SSSR count). The molecule has 0 aliphatic heterocycles. The predicted octanol–water partition coefficient (Wildman–Crippen LogP) is -0.433. The molecule has 1 aromatic heterocycles. The van der Waals surface area contributed by atoms with E-state index in [4.69, 9.17) is 15.5 Å². The first kappa shape index (κ1) is 12.1. The molecular weight excluding hydrogens is 212 g/mol. The highest BCUT2D eigenvalue weighted by Crippen LogP contribution is 2.12. The molecule has 3 N–H and O–H groups in total. The van der Waals surface area contributed by atoms with Crippen LogP contribution in [0.3, 0.4) is 0 Å². The van der Waals surface area contributed by atoms with E-state index in [1.807, 2.05) is 6.07 Å². The molecule has 1 aromatic rings. The van der Waals surface area contributed by atoms with E-state index in [2.05, 4.69) is 20.3 Å². The SMILES string of the molecule is N#Cc1[nH]cnc1/N=N/N(CCO)CCO. The molecule has 0 aliphatic rings. The van der Waals surface area contributed by atoms with E-state index in [1.165, 1.54) is 11.3 Å². The Morgan fingerprint density at radius 3 is 2.69 bits per heavy atom. The number of aromatic nitrogens is 2. The van der Waals surface area contributed by atoms with Crippen molar-refractivity contribution in [1.82, 2.24) is 15.0 Å². The largest absolute Gasteiger partial charge is 0.394 e. The van der Waals surface area contributed by atoms with Gasteiger partial charge in [0.25, 0.3) is 0 Å². The van der Waals surface area contributed by atoms with Crippen LogP contribution in [-0.2, 0) is 0 Å². The quantitative estimate of drug-likeness (QED) is 0.447. The number of aliphatic hydroxyl groups excluding tert-OH is 2. The summed E-state index contributed by atoms with van der Waals surface area (Å²) in [5.41, 5.74) is 0.219. The zero-order valence-electron chi connectivity index (χ0n) is 8.54. The highest BCUT2D eigenvalue weighted by atomic mass is 16.3. The number of hydrogen-bond acceptors (Lipinski definition) is 6. The molecule has 0 radical (unpaired) electrons. The van der Waals surface area contributed by atoms with Gasteiger partial charge in [-0.1, -0.05) is 5.22 Å². The Bertz CT molecular complexity index is 376. The summed E-state index contributed by atoms with van der Waals surface area (Å²) in [4.78, 5) is 6.39. The van der Waals surface area contributed by atoms with Crippen LogP contribution in [0.15, 0.2) is 16.7 Å². The number of nitrogens with zero attached hydrogens (tertiary/aromatic N) is 5. The monoisotopic (exact) mass is 224 g/mol. The van der Waals surface area contributed by atoms with Gasteiger partial charge in [0.05, 0.1) is 32.6 Å². The molecule has 0 aromatic carbocycles. The Labute approximate surface area is 91.8 Å². The molecule has 0 atom stereocenters. The van der Waals surface area contributed by atoms with Gasteiger partial charge in [-0.05, 0) is 0 Å². The fourth-order valence-electron chi connectivity index (χ4n) is 0.983. The van der Waals surface area contributed by atoms with Gasteiger partial charge in [-0.25, -0.2) is 4.98 Å². The molecule has 0 bridgehead atoms. The Balaban J connectivity index is 2.66. The van der Waals surface area contributed by atoms with Gasteiger partial charge in [-0.2, -0.15) is 5.26 Å². The van der Waals surface area contributed by atoms with E-state index in [0.29, 0.717) is 0 Å². The van der Waals surface area contributed by atoms with Gasteiger partial charge in [0.2, 0.25) is 5.82 Å². The predicted molar refractivity (Wildman–Crippen MR) is 53.6 cm³/mol. The van der Waals surface area contributed by atoms with Crippen molar-refractivity contribution in [3.8, 4) is 6.07 Å². The van der Waals surface area contributed by atoms with Crippen LogP contribution in [0.1, 0.15) is 5.69 Å².